The molecule has 38 heavy (non-hydrogen) atoms. The first kappa shape index (κ1) is 24.6. The van der Waals surface area contributed by atoms with Crippen LogP contribution in [0.3, 0.4) is 0 Å². The zero-order valence-corrected chi connectivity index (χ0v) is 23.4. The SMILES string of the molecule is CN1c2ccccc2C(C)(C)[C@@]12C=C(c1ccccc1)C=C(c1ccc(Br)cc1)[C@H]2C(=O)c1ccccc1. The van der Waals surface area contributed by atoms with Gasteiger partial charge in [-0.05, 0) is 58.2 Å². The van der Waals surface area contributed by atoms with E-state index in [1.807, 2.05) is 36.4 Å². The molecule has 4 aromatic carbocycles. The van der Waals surface area contributed by atoms with E-state index in [1.165, 1.54) is 11.3 Å². The third-order valence-corrected chi connectivity index (χ3v) is 9.07. The molecule has 0 unspecified atom stereocenters. The Labute approximate surface area is 233 Å². The van der Waals surface area contributed by atoms with E-state index in [2.05, 4.69) is 127 Å². The van der Waals surface area contributed by atoms with Crippen molar-refractivity contribution in [1.29, 1.82) is 0 Å². The predicted octanol–water partition coefficient (Wildman–Crippen LogP) is 8.60. The first-order valence-corrected chi connectivity index (χ1v) is 13.8. The molecule has 0 N–H and O–H groups in total. The monoisotopic (exact) mass is 559 g/mol. The molecule has 188 valence electrons. The Hall–Kier alpha value is -3.69. The average molecular weight is 561 g/mol. The van der Waals surface area contributed by atoms with Gasteiger partial charge < -0.3 is 4.90 Å². The highest BCUT2D eigenvalue weighted by molar-refractivity contribution is 9.10. The van der Waals surface area contributed by atoms with Gasteiger partial charge in [0.1, 0.15) is 0 Å². The number of Topliss-reactive ketones (excluding diaryl/α,β-unsaturated/α-hetero) is 1. The van der Waals surface area contributed by atoms with Crippen LogP contribution in [-0.2, 0) is 5.41 Å². The lowest BCUT2D eigenvalue weighted by Gasteiger charge is -2.52. The molecular formula is C35H30BrNO. The number of likely N-dealkylation sites (N-methyl/N-ethyl adjacent to an activating group) is 1. The number of benzene rings is 4. The molecule has 0 amide bonds. The van der Waals surface area contributed by atoms with E-state index in [0.29, 0.717) is 0 Å². The van der Waals surface area contributed by atoms with Crippen LogP contribution in [0, 0.1) is 5.92 Å². The quantitative estimate of drug-likeness (QED) is 0.233. The van der Waals surface area contributed by atoms with Crippen LogP contribution in [0.15, 0.2) is 126 Å². The van der Waals surface area contributed by atoms with Gasteiger partial charge >= 0.3 is 0 Å². The van der Waals surface area contributed by atoms with Crippen LogP contribution >= 0.6 is 15.9 Å². The summed E-state index contributed by atoms with van der Waals surface area (Å²) < 4.78 is 1.02. The number of carbonyl (C=O) groups is 1. The molecule has 1 heterocycles. The van der Waals surface area contributed by atoms with Gasteiger partial charge in [-0.15, -0.1) is 0 Å². The maximum absolute atomic E-state index is 14.7. The number of carbonyl (C=O) groups excluding carboxylic acids is 1. The van der Waals surface area contributed by atoms with Crippen LogP contribution < -0.4 is 4.90 Å². The molecule has 2 aliphatic rings. The predicted molar refractivity (Wildman–Crippen MR) is 161 cm³/mol. The fourth-order valence-electron chi connectivity index (χ4n) is 6.61. The Balaban J connectivity index is 1.69. The minimum absolute atomic E-state index is 0.135. The Morgan fingerprint density at radius 2 is 1.37 bits per heavy atom. The maximum Gasteiger partial charge on any atom is 0.173 e. The van der Waals surface area contributed by atoms with Crippen molar-refractivity contribution in [2.24, 2.45) is 5.92 Å². The number of halogens is 1. The average Bonchev–Trinajstić information content (AvgIpc) is 3.12. The molecule has 0 saturated heterocycles. The van der Waals surface area contributed by atoms with Crippen molar-refractivity contribution < 1.29 is 4.79 Å². The molecule has 2 nitrogen and oxygen atoms in total. The molecule has 6 rings (SSSR count). The summed E-state index contributed by atoms with van der Waals surface area (Å²) in [6.45, 7) is 4.59. The van der Waals surface area contributed by atoms with E-state index in [1.54, 1.807) is 0 Å². The molecule has 0 fully saturated rings. The maximum atomic E-state index is 14.7. The van der Waals surface area contributed by atoms with E-state index in [-0.39, 0.29) is 11.2 Å². The van der Waals surface area contributed by atoms with Crippen molar-refractivity contribution in [3.05, 3.63) is 148 Å². The summed E-state index contributed by atoms with van der Waals surface area (Å²) in [5.74, 6) is -0.290. The Kier molecular flexibility index (Phi) is 6.00. The summed E-state index contributed by atoms with van der Waals surface area (Å²) in [5, 5.41) is 0. The van der Waals surface area contributed by atoms with Gasteiger partial charge in [-0.3, -0.25) is 4.79 Å². The van der Waals surface area contributed by atoms with Crippen molar-refractivity contribution in [2.45, 2.75) is 24.8 Å². The number of nitrogens with zero attached hydrogens (tertiary/aromatic N) is 1. The van der Waals surface area contributed by atoms with E-state index in [0.717, 1.165) is 32.3 Å². The number of para-hydroxylation sites is 1. The highest BCUT2D eigenvalue weighted by Gasteiger charge is 2.62. The lowest BCUT2D eigenvalue weighted by molar-refractivity contribution is 0.0885. The van der Waals surface area contributed by atoms with Gasteiger partial charge in [0, 0.05) is 28.2 Å². The van der Waals surface area contributed by atoms with E-state index < -0.39 is 11.5 Å². The Morgan fingerprint density at radius 1 is 0.763 bits per heavy atom. The number of ketones is 1. The first-order chi connectivity index (χ1) is 18.3. The summed E-state index contributed by atoms with van der Waals surface area (Å²) >= 11 is 3.60. The van der Waals surface area contributed by atoms with E-state index in [4.69, 9.17) is 0 Å². The molecule has 1 spiro atoms. The summed E-state index contributed by atoms with van der Waals surface area (Å²) in [6, 6.07) is 37.3. The van der Waals surface area contributed by atoms with Crippen LogP contribution in [0.4, 0.5) is 5.69 Å². The number of hydrogen-bond donors (Lipinski definition) is 0. The summed E-state index contributed by atoms with van der Waals surface area (Å²) in [5.41, 5.74) is 6.55. The van der Waals surface area contributed by atoms with E-state index >= 15 is 0 Å². The number of allylic oxidation sites excluding steroid dienone is 2. The number of rotatable bonds is 4. The minimum atomic E-state index is -0.633. The lowest BCUT2D eigenvalue weighted by atomic mass is 9.57. The fraction of sp³-hybridized carbons (Fsp3) is 0.171. The van der Waals surface area contributed by atoms with Crippen molar-refractivity contribution in [3.8, 4) is 0 Å². The lowest BCUT2D eigenvalue weighted by Crippen LogP contribution is -2.61. The van der Waals surface area contributed by atoms with Gasteiger partial charge in [-0.25, -0.2) is 0 Å². The second-order valence-corrected chi connectivity index (χ2v) is 11.7. The zero-order valence-electron chi connectivity index (χ0n) is 21.9. The number of hydrogen-bond acceptors (Lipinski definition) is 2. The molecular weight excluding hydrogens is 530 g/mol. The molecule has 0 aromatic heterocycles. The van der Waals surface area contributed by atoms with Gasteiger partial charge in [0.05, 0.1) is 11.5 Å². The van der Waals surface area contributed by atoms with Crippen molar-refractivity contribution in [1.82, 2.24) is 0 Å². The van der Waals surface area contributed by atoms with Crippen LogP contribution in [0.1, 0.15) is 40.9 Å². The molecule has 0 radical (unpaired) electrons. The van der Waals surface area contributed by atoms with Crippen LogP contribution in [-0.4, -0.2) is 18.4 Å². The molecule has 1 aliphatic carbocycles. The number of fused-ring (bicyclic) bond motifs is 1. The van der Waals surface area contributed by atoms with Crippen LogP contribution in [0.5, 0.6) is 0 Å². The van der Waals surface area contributed by atoms with Gasteiger partial charge in [0.15, 0.2) is 5.78 Å². The second kappa shape index (κ2) is 9.25. The number of anilines is 1. The molecule has 4 aromatic rings. The highest BCUT2D eigenvalue weighted by atomic mass is 79.9. The molecule has 3 heteroatoms. The largest absolute Gasteiger partial charge is 0.363 e. The highest BCUT2D eigenvalue weighted by Crippen LogP contribution is 2.60. The van der Waals surface area contributed by atoms with Crippen molar-refractivity contribution >= 4 is 38.5 Å². The molecule has 0 saturated carbocycles. The molecule has 2 atom stereocenters. The normalized spacial score (nSPS) is 21.6. The molecule has 0 bridgehead atoms. The third-order valence-electron chi connectivity index (χ3n) is 8.54. The van der Waals surface area contributed by atoms with Crippen LogP contribution in [0.25, 0.3) is 11.1 Å². The van der Waals surface area contributed by atoms with Gasteiger partial charge in [0.25, 0.3) is 0 Å². The van der Waals surface area contributed by atoms with Crippen molar-refractivity contribution in [3.63, 3.8) is 0 Å². The smallest absolute Gasteiger partial charge is 0.173 e. The summed E-state index contributed by atoms with van der Waals surface area (Å²) in [7, 11) is 2.16. The zero-order chi connectivity index (χ0) is 26.5. The fourth-order valence-corrected chi connectivity index (χ4v) is 6.87. The van der Waals surface area contributed by atoms with E-state index in [9.17, 15) is 4.79 Å². The van der Waals surface area contributed by atoms with Crippen molar-refractivity contribution in [2.75, 3.05) is 11.9 Å². The van der Waals surface area contributed by atoms with Gasteiger partial charge in [-0.1, -0.05) is 121 Å². The Morgan fingerprint density at radius 3 is 2.03 bits per heavy atom. The summed E-state index contributed by atoms with van der Waals surface area (Å²) in [6.07, 6.45) is 4.61. The van der Waals surface area contributed by atoms with Gasteiger partial charge in [-0.2, -0.15) is 0 Å². The topological polar surface area (TPSA) is 20.3 Å². The third kappa shape index (κ3) is 3.64. The molecule has 1 aliphatic heterocycles. The standard InChI is InChI=1S/C35H30BrNO/c1-34(2)30-16-10-11-17-31(30)37(3)35(34)23-27(24-12-6-4-7-13-24)22-29(25-18-20-28(36)21-19-25)32(35)33(38)26-14-8-5-9-15-26/h4-23,32H,1-3H3/t32-,35-/m0/s1. The summed E-state index contributed by atoms with van der Waals surface area (Å²) in [4.78, 5) is 17.1. The van der Waals surface area contributed by atoms with Crippen LogP contribution in [0.2, 0.25) is 0 Å². The second-order valence-electron chi connectivity index (χ2n) is 10.8. The minimum Gasteiger partial charge on any atom is -0.363 e. The first-order valence-electron chi connectivity index (χ1n) is 13.0. The van der Waals surface area contributed by atoms with Gasteiger partial charge in [0.2, 0.25) is 0 Å². The Bertz CT molecular complexity index is 1570.